The van der Waals surface area contributed by atoms with Gasteiger partial charge in [0.05, 0.1) is 5.71 Å². The van der Waals surface area contributed by atoms with Gasteiger partial charge in [0.2, 0.25) is 0 Å². The van der Waals surface area contributed by atoms with Crippen LogP contribution >= 0.6 is 0 Å². The van der Waals surface area contributed by atoms with Crippen LogP contribution in [0.1, 0.15) is 30.4 Å². The number of benzene rings is 1. The van der Waals surface area contributed by atoms with E-state index in [1.54, 1.807) is 6.07 Å². The molecule has 5 rings (SSSR count). The molecular weight excluding hydrogens is 264 g/mol. The van der Waals surface area contributed by atoms with E-state index in [1.807, 2.05) is 0 Å². The van der Waals surface area contributed by atoms with Gasteiger partial charge in [-0.25, -0.2) is 0 Å². The van der Waals surface area contributed by atoms with Crippen LogP contribution in [0.5, 0.6) is 11.5 Å². The maximum absolute atomic E-state index is 10.2. The molecule has 4 aliphatic rings. The summed E-state index contributed by atoms with van der Waals surface area (Å²) in [5, 5.41) is 18.6. The minimum Gasteiger partial charge on any atom is -0.504 e. The fourth-order valence-corrected chi connectivity index (χ4v) is 5.56. The van der Waals surface area contributed by atoms with E-state index < -0.39 is 0 Å². The number of aromatic hydroxyl groups is 1. The second kappa shape index (κ2) is 3.61. The summed E-state index contributed by atoms with van der Waals surface area (Å²) in [6.07, 6.45) is 3.87. The molecule has 0 aromatic heterocycles. The van der Waals surface area contributed by atoms with E-state index in [2.05, 4.69) is 18.0 Å². The van der Waals surface area contributed by atoms with Crippen LogP contribution in [0.4, 0.5) is 0 Å². The van der Waals surface area contributed by atoms with Crippen LogP contribution in [0.2, 0.25) is 0 Å². The van der Waals surface area contributed by atoms with Gasteiger partial charge in [-0.05, 0) is 56.8 Å². The van der Waals surface area contributed by atoms with Crippen LogP contribution in [-0.2, 0) is 11.8 Å². The summed E-state index contributed by atoms with van der Waals surface area (Å²) in [6, 6.07) is 4.39. The monoisotopic (exact) mass is 284 g/mol. The number of ether oxygens (including phenoxy) is 1. The Labute approximate surface area is 124 Å². The molecule has 4 atom stereocenters. The predicted octanol–water partition coefficient (Wildman–Crippen LogP) is 2.08. The Morgan fingerprint density at radius 1 is 1.43 bits per heavy atom. The van der Waals surface area contributed by atoms with E-state index in [1.165, 1.54) is 11.1 Å². The van der Waals surface area contributed by atoms with Gasteiger partial charge >= 0.3 is 0 Å². The second-order valence-corrected chi connectivity index (χ2v) is 7.16. The van der Waals surface area contributed by atoms with Gasteiger partial charge in [0.1, 0.15) is 6.10 Å². The number of piperidine rings is 1. The number of likely N-dealkylation sites (N-methyl/N-ethyl adjacent to an activating group) is 1. The normalized spacial score (nSPS) is 39.9. The van der Waals surface area contributed by atoms with Crippen molar-refractivity contribution in [1.82, 2.24) is 4.90 Å². The Kier molecular flexibility index (Phi) is 2.07. The van der Waals surface area contributed by atoms with Crippen LogP contribution in [0, 0.1) is 11.3 Å². The SMILES string of the molecule is CN1CC[C@]23c4c5ccc(O)c4O[C@H]2C(=N)CC[C@H]3[C@H]1C5. The molecule has 2 heterocycles. The van der Waals surface area contributed by atoms with Crippen LogP contribution in [-0.4, -0.2) is 41.5 Å². The molecule has 1 saturated carbocycles. The summed E-state index contributed by atoms with van der Waals surface area (Å²) in [4.78, 5) is 2.50. The van der Waals surface area contributed by atoms with Crippen molar-refractivity contribution < 1.29 is 9.84 Å². The van der Waals surface area contributed by atoms with Gasteiger partial charge in [-0.1, -0.05) is 6.07 Å². The minimum absolute atomic E-state index is 0.0475. The third-order valence-electron chi connectivity index (χ3n) is 6.43. The van der Waals surface area contributed by atoms with Crippen molar-refractivity contribution >= 4 is 5.71 Å². The molecule has 1 spiro atoms. The largest absolute Gasteiger partial charge is 0.504 e. The first-order valence-electron chi connectivity index (χ1n) is 7.92. The lowest BCUT2D eigenvalue weighted by atomic mass is 9.51. The van der Waals surface area contributed by atoms with Crippen molar-refractivity contribution in [2.75, 3.05) is 13.6 Å². The molecule has 1 saturated heterocycles. The molecule has 2 bridgehead atoms. The van der Waals surface area contributed by atoms with Gasteiger partial charge in [-0.15, -0.1) is 0 Å². The molecule has 4 nitrogen and oxygen atoms in total. The number of hydrogen-bond donors (Lipinski definition) is 2. The zero-order valence-corrected chi connectivity index (χ0v) is 12.2. The number of rotatable bonds is 0. The number of hydrogen-bond acceptors (Lipinski definition) is 4. The summed E-state index contributed by atoms with van der Waals surface area (Å²) in [5.41, 5.74) is 3.24. The number of phenolic OH excluding ortho intramolecular Hbond substituents is 1. The third-order valence-corrected chi connectivity index (χ3v) is 6.43. The fourth-order valence-electron chi connectivity index (χ4n) is 5.56. The lowest BCUT2D eigenvalue weighted by Gasteiger charge is -2.57. The Balaban J connectivity index is 1.83. The highest BCUT2D eigenvalue weighted by Crippen LogP contribution is 2.62. The summed E-state index contributed by atoms with van der Waals surface area (Å²) < 4.78 is 6.16. The summed E-state index contributed by atoms with van der Waals surface area (Å²) in [6.45, 7) is 1.06. The Hall–Kier alpha value is -1.55. The van der Waals surface area contributed by atoms with Crippen molar-refractivity contribution in [3.63, 3.8) is 0 Å². The van der Waals surface area contributed by atoms with Crippen LogP contribution in [0.15, 0.2) is 12.1 Å². The lowest BCUT2D eigenvalue weighted by molar-refractivity contribution is -0.00717. The molecule has 0 amide bonds. The molecule has 2 aliphatic heterocycles. The first-order valence-corrected chi connectivity index (χ1v) is 7.92. The van der Waals surface area contributed by atoms with Crippen molar-refractivity contribution in [2.24, 2.45) is 5.92 Å². The van der Waals surface area contributed by atoms with E-state index in [0.717, 1.165) is 37.9 Å². The standard InChI is InChI=1S/C17H20N2O2/c1-19-7-6-17-10-3-4-11(18)16(17)21-15-13(20)5-2-9(14(15)17)8-12(10)19/h2,5,10,12,16,18,20H,3-4,6-8H2,1H3/t10-,12+,16-,17-/m0/s1. The van der Waals surface area contributed by atoms with Crippen LogP contribution in [0.25, 0.3) is 0 Å². The van der Waals surface area contributed by atoms with E-state index >= 15 is 0 Å². The zero-order chi connectivity index (χ0) is 14.4. The summed E-state index contributed by atoms with van der Waals surface area (Å²) in [7, 11) is 2.23. The Morgan fingerprint density at radius 3 is 3.14 bits per heavy atom. The smallest absolute Gasteiger partial charge is 0.166 e. The van der Waals surface area contributed by atoms with Gasteiger partial charge < -0.3 is 20.2 Å². The molecule has 1 aromatic carbocycles. The number of nitrogens with zero attached hydrogens (tertiary/aromatic N) is 1. The van der Waals surface area contributed by atoms with Crippen LogP contribution in [0.3, 0.4) is 0 Å². The summed E-state index contributed by atoms with van der Waals surface area (Å²) in [5.74, 6) is 1.49. The molecule has 0 radical (unpaired) electrons. The highest BCUT2D eigenvalue weighted by Gasteiger charge is 2.64. The third kappa shape index (κ3) is 1.20. The van der Waals surface area contributed by atoms with E-state index in [-0.39, 0.29) is 17.3 Å². The average Bonchev–Trinajstić information content (AvgIpc) is 2.83. The molecule has 1 aromatic rings. The first-order chi connectivity index (χ1) is 10.1. The van der Waals surface area contributed by atoms with Crippen molar-refractivity contribution in [2.45, 2.75) is 43.2 Å². The van der Waals surface area contributed by atoms with Crippen LogP contribution < -0.4 is 4.74 Å². The molecule has 4 heteroatoms. The Morgan fingerprint density at radius 2 is 2.29 bits per heavy atom. The zero-order valence-electron chi connectivity index (χ0n) is 12.2. The molecule has 2 aliphatic carbocycles. The number of phenols is 1. The lowest BCUT2D eigenvalue weighted by Crippen LogP contribution is -2.65. The van der Waals surface area contributed by atoms with Crippen molar-refractivity contribution in [1.29, 1.82) is 5.41 Å². The summed E-state index contributed by atoms with van der Waals surface area (Å²) >= 11 is 0. The van der Waals surface area contributed by atoms with Gasteiger partial charge in [-0.3, -0.25) is 0 Å². The fraction of sp³-hybridized carbons (Fsp3) is 0.588. The van der Waals surface area contributed by atoms with Crippen molar-refractivity contribution in [3.05, 3.63) is 23.3 Å². The van der Waals surface area contributed by atoms with Gasteiger partial charge in [0.25, 0.3) is 0 Å². The molecule has 21 heavy (non-hydrogen) atoms. The minimum atomic E-state index is -0.144. The number of likely N-dealkylation sites (tertiary alicyclic amines) is 1. The molecule has 2 N–H and O–H groups in total. The van der Waals surface area contributed by atoms with E-state index in [9.17, 15) is 5.11 Å². The molecular formula is C17H20N2O2. The topological polar surface area (TPSA) is 56.6 Å². The predicted molar refractivity (Wildman–Crippen MR) is 79.4 cm³/mol. The first kappa shape index (κ1) is 12.0. The number of nitrogens with one attached hydrogen (secondary N) is 1. The average molecular weight is 284 g/mol. The quantitative estimate of drug-likeness (QED) is 0.767. The molecule has 110 valence electrons. The highest BCUT2D eigenvalue weighted by atomic mass is 16.5. The van der Waals surface area contributed by atoms with Gasteiger partial charge in [0, 0.05) is 17.0 Å². The molecule has 2 fully saturated rings. The maximum atomic E-state index is 10.2. The highest BCUT2D eigenvalue weighted by molar-refractivity contribution is 5.91. The maximum Gasteiger partial charge on any atom is 0.166 e. The van der Waals surface area contributed by atoms with Gasteiger partial charge in [-0.2, -0.15) is 0 Å². The Bertz CT molecular complexity index is 671. The van der Waals surface area contributed by atoms with Gasteiger partial charge in [0.15, 0.2) is 11.5 Å². The second-order valence-electron chi connectivity index (χ2n) is 7.16. The van der Waals surface area contributed by atoms with Crippen molar-refractivity contribution in [3.8, 4) is 11.5 Å². The van der Waals surface area contributed by atoms with E-state index in [0.29, 0.717) is 17.7 Å². The van der Waals surface area contributed by atoms with E-state index in [4.69, 9.17) is 10.1 Å². The molecule has 0 unspecified atom stereocenters.